The minimum atomic E-state index is -1.62. The van der Waals surface area contributed by atoms with Gasteiger partial charge in [0.25, 0.3) is 0 Å². The maximum atomic E-state index is 12.5. The number of nitrogens with one attached hydrogen (secondary N) is 3. The maximum absolute atomic E-state index is 12.5. The quantitative estimate of drug-likeness (QED) is 0.0449. The summed E-state index contributed by atoms with van der Waals surface area (Å²) in [6, 6.07) is 15.6. The summed E-state index contributed by atoms with van der Waals surface area (Å²) in [6.07, 6.45) is 10.5. The Morgan fingerprint density at radius 1 is 0.718 bits per heavy atom. The standard InChI is InChI=1S/C25H33N7O3.C20H25ClN4O2.C11H23N3OSi/c1-17-11-18(22-7-8-26-23(30-22)29-20-13-28-32(14-20)9-10-33)5-6-19(17)12-27-24(34)31-15-21(16-31)35-25(2,3)4;1-13-9-14(17-7-8-22-18(21)24-17)5-6-15(13)10-23-19(26)25-11-16(12-25)27-20(2,3)4;1-11(2,3)16(4,5)15-7-6-14-9-10(12)8-13-14/h5-8,11,13-14,21,33H,9-10,12,15-16H2,1-4H3,(H,27,34)(H,26,29,30);5-9,16H,10-12H2,1-4H3,(H,23,26);8-9H,6-7,12H2,1-5H3. The van der Waals surface area contributed by atoms with Crippen LogP contribution in [0.3, 0.4) is 0 Å². The molecule has 20 nitrogen and oxygen atoms in total. The Hall–Kier alpha value is -6.49. The number of benzene rings is 2. The number of ether oxygens (including phenoxy) is 2. The van der Waals surface area contributed by atoms with Gasteiger partial charge in [-0.2, -0.15) is 10.2 Å². The summed E-state index contributed by atoms with van der Waals surface area (Å²) in [7, 11) is -1.62. The number of urea groups is 2. The molecule has 0 atom stereocenters. The lowest BCUT2D eigenvalue weighted by atomic mass is 10.0. The zero-order valence-corrected chi connectivity index (χ0v) is 49.5. The molecule has 6 N–H and O–H groups in total. The lowest BCUT2D eigenvalue weighted by Gasteiger charge is -2.41. The zero-order chi connectivity index (χ0) is 57.0. The number of hydrogen-bond acceptors (Lipinski definition) is 14. The summed E-state index contributed by atoms with van der Waals surface area (Å²) in [5, 5.41) is 26.9. The van der Waals surface area contributed by atoms with Crippen molar-refractivity contribution in [2.45, 2.75) is 144 Å². The maximum Gasteiger partial charge on any atom is 0.317 e. The van der Waals surface area contributed by atoms with Crippen molar-refractivity contribution in [3.8, 4) is 22.5 Å². The van der Waals surface area contributed by atoms with Gasteiger partial charge in [0.05, 0.1) is 111 Å². The number of aromatic nitrogens is 8. The number of aliphatic hydroxyl groups excluding tert-OH is 1. The van der Waals surface area contributed by atoms with Gasteiger partial charge in [0.1, 0.15) is 0 Å². The van der Waals surface area contributed by atoms with Crippen molar-refractivity contribution in [2.24, 2.45) is 0 Å². The van der Waals surface area contributed by atoms with Crippen LogP contribution < -0.4 is 21.7 Å². The highest BCUT2D eigenvalue weighted by Crippen LogP contribution is 2.36. The van der Waals surface area contributed by atoms with Crippen LogP contribution in [0.1, 0.15) is 84.6 Å². The van der Waals surface area contributed by atoms with Crippen LogP contribution in [0.4, 0.5) is 26.9 Å². The van der Waals surface area contributed by atoms with Crippen molar-refractivity contribution in [2.75, 3.05) is 50.4 Å². The second kappa shape index (κ2) is 26.4. The predicted molar refractivity (Wildman–Crippen MR) is 309 cm³/mol. The number of nitrogens with two attached hydrogens (primary N) is 1. The van der Waals surface area contributed by atoms with Crippen molar-refractivity contribution in [3.05, 3.63) is 113 Å². The largest absolute Gasteiger partial charge is 0.415 e. The fraction of sp³-hybridized carbons (Fsp3) is 0.500. The fourth-order valence-corrected chi connectivity index (χ4v) is 9.18. The number of rotatable bonds is 16. The van der Waals surface area contributed by atoms with E-state index in [1.54, 1.807) is 45.5 Å². The number of carbonyl (C=O) groups excluding carboxylic acids is 2. The second-order valence-corrected chi connectivity index (χ2v) is 28.2. The summed E-state index contributed by atoms with van der Waals surface area (Å²) in [4.78, 5) is 45.3. The van der Waals surface area contributed by atoms with E-state index in [0.717, 1.165) is 57.0 Å². The molecule has 2 aromatic carbocycles. The van der Waals surface area contributed by atoms with E-state index in [0.29, 0.717) is 64.1 Å². The van der Waals surface area contributed by atoms with Gasteiger partial charge in [0.2, 0.25) is 11.2 Å². The molecular weight excluding hydrogens is 1030 g/mol. The van der Waals surface area contributed by atoms with Gasteiger partial charge in [-0.15, -0.1) is 0 Å². The van der Waals surface area contributed by atoms with Crippen LogP contribution in [0.2, 0.25) is 23.4 Å². The third-order valence-corrected chi connectivity index (χ3v) is 17.9. The molecule has 0 unspecified atom stereocenters. The number of aryl methyl sites for hydroxylation is 2. The number of carbonyl (C=O) groups is 2. The highest BCUT2D eigenvalue weighted by atomic mass is 35.5. The Labute approximate surface area is 466 Å². The Morgan fingerprint density at radius 3 is 1.68 bits per heavy atom. The molecule has 78 heavy (non-hydrogen) atoms. The first-order valence-electron chi connectivity index (χ1n) is 26.4. The summed E-state index contributed by atoms with van der Waals surface area (Å²) in [5.74, 6) is 0.461. The SMILES string of the molecule is CC(C)(C)[Si](C)(C)OCCn1cc(N)cn1.Cc1cc(-c2ccnc(Cl)n2)ccc1CNC(=O)N1CC(OC(C)(C)C)C1.Cc1cc(-c2ccnc(Nc3cnn(CCO)c3)n2)ccc1CNC(=O)N1CC(OC(C)(C)C)C1. The van der Waals surface area contributed by atoms with Gasteiger partial charge >= 0.3 is 12.1 Å². The van der Waals surface area contributed by atoms with E-state index in [4.69, 9.17) is 36.3 Å². The molecule has 422 valence electrons. The lowest BCUT2D eigenvalue weighted by molar-refractivity contribution is -0.111. The number of aliphatic hydroxyl groups is 1. The Kier molecular flexibility index (Phi) is 20.6. The van der Waals surface area contributed by atoms with Crippen molar-refractivity contribution in [3.63, 3.8) is 0 Å². The average molecular weight is 1110 g/mol. The minimum absolute atomic E-state index is 0.0251. The summed E-state index contributed by atoms with van der Waals surface area (Å²) in [6.45, 7) is 32.8. The summed E-state index contributed by atoms with van der Waals surface area (Å²) in [5.41, 5.74) is 14.4. The van der Waals surface area contributed by atoms with Gasteiger partial charge < -0.3 is 50.5 Å². The third kappa shape index (κ3) is 18.6. The van der Waals surface area contributed by atoms with Crippen LogP contribution in [0.25, 0.3) is 22.5 Å². The van der Waals surface area contributed by atoms with Gasteiger partial charge in [-0.25, -0.2) is 29.5 Å². The molecule has 6 heterocycles. The molecule has 2 aliphatic heterocycles. The van der Waals surface area contributed by atoms with E-state index in [2.05, 4.69) is 86.0 Å². The molecule has 22 heteroatoms. The van der Waals surface area contributed by atoms with E-state index in [-0.39, 0.29) is 52.4 Å². The van der Waals surface area contributed by atoms with Crippen LogP contribution in [-0.2, 0) is 40.1 Å². The number of likely N-dealkylation sites (tertiary alicyclic amines) is 2. The van der Waals surface area contributed by atoms with Crippen LogP contribution in [0.15, 0.2) is 85.7 Å². The monoisotopic (exact) mass is 1110 g/mol. The molecule has 0 bridgehead atoms. The first kappa shape index (κ1) is 60.7. The molecule has 0 saturated carbocycles. The lowest BCUT2D eigenvalue weighted by Crippen LogP contribution is -2.59. The predicted octanol–water partition coefficient (Wildman–Crippen LogP) is 9.39. The molecule has 4 aromatic heterocycles. The Balaban J connectivity index is 0.000000203. The highest BCUT2D eigenvalue weighted by Gasteiger charge is 2.37. The molecule has 4 amide bonds. The van der Waals surface area contributed by atoms with E-state index in [1.165, 1.54) is 0 Å². The number of halogens is 1. The van der Waals surface area contributed by atoms with Gasteiger partial charge in [0, 0.05) is 49.0 Å². The first-order chi connectivity index (χ1) is 36.6. The van der Waals surface area contributed by atoms with E-state index in [1.807, 2.05) is 109 Å². The van der Waals surface area contributed by atoms with Gasteiger partial charge in [-0.1, -0.05) is 45.0 Å². The number of nitrogen functional groups attached to an aromatic ring is 1. The molecule has 0 aliphatic carbocycles. The van der Waals surface area contributed by atoms with Crippen molar-refractivity contribution >= 4 is 49.3 Å². The van der Waals surface area contributed by atoms with Gasteiger partial charge in [0.15, 0.2) is 8.32 Å². The minimum Gasteiger partial charge on any atom is -0.415 e. The van der Waals surface area contributed by atoms with E-state index >= 15 is 0 Å². The third-order valence-electron chi connectivity index (χ3n) is 13.2. The molecule has 0 radical (unpaired) electrons. The van der Waals surface area contributed by atoms with Crippen molar-refractivity contribution < 1.29 is 28.6 Å². The Morgan fingerprint density at radius 2 is 1.22 bits per heavy atom. The molecular formula is C56H81ClN14O6Si. The highest BCUT2D eigenvalue weighted by molar-refractivity contribution is 6.74. The van der Waals surface area contributed by atoms with Crippen LogP contribution >= 0.6 is 11.6 Å². The fourth-order valence-electron chi connectivity index (χ4n) is 8.00. The molecule has 6 aromatic rings. The van der Waals surface area contributed by atoms with Crippen LogP contribution in [0.5, 0.6) is 0 Å². The molecule has 8 rings (SSSR count). The van der Waals surface area contributed by atoms with E-state index in [9.17, 15) is 9.59 Å². The van der Waals surface area contributed by atoms with E-state index < -0.39 is 8.32 Å². The zero-order valence-electron chi connectivity index (χ0n) is 47.7. The van der Waals surface area contributed by atoms with Crippen molar-refractivity contribution in [1.82, 2.24) is 59.9 Å². The van der Waals surface area contributed by atoms with Gasteiger partial charge in [-0.3, -0.25) is 9.36 Å². The van der Waals surface area contributed by atoms with Crippen LogP contribution in [0, 0.1) is 13.8 Å². The Bertz CT molecular complexity index is 2920. The summed E-state index contributed by atoms with van der Waals surface area (Å²) >= 11 is 5.86. The smallest absolute Gasteiger partial charge is 0.317 e. The number of amides is 4. The molecule has 2 saturated heterocycles. The number of anilines is 3. The van der Waals surface area contributed by atoms with Crippen molar-refractivity contribution in [1.29, 1.82) is 0 Å². The molecule has 2 aliphatic rings. The second-order valence-electron chi connectivity index (χ2n) is 23.1. The normalized spacial score (nSPS) is 14.1. The topological polar surface area (TPSA) is 238 Å². The number of hydrogen-bond donors (Lipinski definition) is 5. The number of nitrogens with zero attached hydrogens (tertiary/aromatic N) is 10. The van der Waals surface area contributed by atoms with Crippen LogP contribution in [-0.4, -0.2) is 138 Å². The first-order valence-corrected chi connectivity index (χ1v) is 29.7. The molecule has 2 fully saturated rings. The van der Waals surface area contributed by atoms with Gasteiger partial charge in [-0.05, 0) is 132 Å². The summed E-state index contributed by atoms with van der Waals surface area (Å²) < 4.78 is 21.3. The molecule has 0 spiro atoms. The average Bonchev–Trinajstić information content (AvgIpc) is 3.97.